The van der Waals surface area contributed by atoms with Gasteiger partial charge in [-0.25, -0.2) is 9.97 Å². The van der Waals surface area contributed by atoms with Crippen LogP contribution in [-0.4, -0.2) is 15.9 Å². The third kappa shape index (κ3) is 4.45. The van der Waals surface area contributed by atoms with Crippen molar-refractivity contribution in [1.82, 2.24) is 9.97 Å². The molecular formula is C21H22N4O. The normalized spacial score (nSPS) is 10.4. The molecule has 0 radical (unpaired) electrons. The molecule has 3 aromatic rings. The van der Waals surface area contributed by atoms with Gasteiger partial charge in [0.2, 0.25) is 5.95 Å². The van der Waals surface area contributed by atoms with E-state index >= 15 is 0 Å². The molecule has 0 aliphatic carbocycles. The van der Waals surface area contributed by atoms with Crippen LogP contribution in [0.15, 0.2) is 54.7 Å². The molecule has 2 aromatic carbocycles. The van der Waals surface area contributed by atoms with Crippen molar-refractivity contribution in [1.29, 1.82) is 0 Å². The van der Waals surface area contributed by atoms with Gasteiger partial charge in [-0.05, 0) is 67.3 Å². The lowest BCUT2D eigenvalue weighted by Gasteiger charge is -2.09. The zero-order valence-electron chi connectivity index (χ0n) is 15.2. The second kappa shape index (κ2) is 7.78. The van der Waals surface area contributed by atoms with E-state index in [9.17, 15) is 4.79 Å². The third-order valence-corrected chi connectivity index (χ3v) is 3.99. The van der Waals surface area contributed by atoms with E-state index in [4.69, 9.17) is 0 Å². The second-order valence-electron chi connectivity index (χ2n) is 6.27. The van der Waals surface area contributed by atoms with Gasteiger partial charge in [0.25, 0.3) is 5.91 Å². The van der Waals surface area contributed by atoms with Crippen molar-refractivity contribution < 1.29 is 4.79 Å². The van der Waals surface area contributed by atoms with Gasteiger partial charge in [-0.1, -0.05) is 25.1 Å². The van der Waals surface area contributed by atoms with E-state index < -0.39 is 0 Å². The molecule has 0 bridgehead atoms. The summed E-state index contributed by atoms with van der Waals surface area (Å²) in [7, 11) is 0. The van der Waals surface area contributed by atoms with E-state index in [2.05, 4.69) is 45.7 Å². The maximum absolute atomic E-state index is 12.5. The number of carbonyl (C=O) groups excluding carboxylic acids is 1. The zero-order valence-corrected chi connectivity index (χ0v) is 15.2. The van der Waals surface area contributed by atoms with Crippen LogP contribution in [0.5, 0.6) is 0 Å². The van der Waals surface area contributed by atoms with Crippen LogP contribution in [0.3, 0.4) is 0 Å². The predicted octanol–water partition coefficient (Wildman–Crippen LogP) is 4.65. The smallest absolute Gasteiger partial charge is 0.274 e. The molecule has 0 atom stereocenters. The summed E-state index contributed by atoms with van der Waals surface area (Å²) in [6.45, 7) is 6.11. The Morgan fingerprint density at radius 2 is 1.65 bits per heavy atom. The molecule has 0 fully saturated rings. The highest BCUT2D eigenvalue weighted by atomic mass is 16.1. The van der Waals surface area contributed by atoms with E-state index in [1.54, 1.807) is 12.3 Å². The van der Waals surface area contributed by atoms with Crippen LogP contribution in [0.25, 0.3) is 0 Å². The molecule has 5 nitrogen and oxygen atoms in total. The second-order valence-corrected chi connectivity index (χ2v) is 6.27. The average Bonchev–Trinajstić information content (AvgIpc) is 2.62. The van der Waals surface area contributed by atoms with Crippen molar-refractivity contribution in [2.45, 2.75) is 27.2 Å². The lowest BCUT2D eigenvalue weighted by atomic mass is 10.1. The fourth-order valence-corrected chi connectivity index (χ4v) is 2.74. The molecule has 1 aromatic heterocycles. The van der Waals surface area contributed by atoms with E-state index in [-0.39, 0.29) is 5.91 Å². The van der Waals surface area contributed by atoms with Crippen LogP contribution in [0, 0.1) is 13.8 Å². The summed E-state index contributed by atoms with van der Waals surface area (Å²) < 4.78 is 0. The predicted molar refractivity (Wildman–Crippen MR) is 105 cm³/mol. The number of anilines is 3. The standard InChI is InChI=1S/C21H22N4O/c1-4-16-5-7-17(8-6-16)24-21-22-10-9-19(25-21)20(26)23-18-12-14(2)11-15(3)13-18/h5-13H,4H2,1-3H3,(H,23,26)(H,22,24,25). The molecule has 132 valence electrons. The van der Waals surface area contributed by atoms with E-state index in [0.717, 1.165) is 28.9 Å². The first-order valence-electron chi connectivity index (χ1n) is 8.62. The lowest BCUT2D eigenvalue weighted by Crippen LogP contribution is -2.15. The van der Waals surface area contributed by atoms with Gasteiger partial charge in [-0.2, -0.15) is 0 Å². The van der Waals surface area contributed by atoms with Gasteiger partial charge < -0.3 is 10.6 Å². The van der Waals surface area contributed by atoms with Crippen molar-refractivity contribution in [3.05, 3.63) is 77.1 Å². The van der Waals surface area contributed by atoms with Gasteiger partial charge in [0.05, 0.1) is 0 Å². The number of aryl methyl sites for hydroxylation is 3. The summed E-state index contributed by atoms with van der Waals surface area (Å²) >= 11 is 0. The van der Waals surface area contributed by atoms with E-state index in [0.29, 0.717) is 11.6 Å². The first-order chi connectivity index (χ1) is 12.5. The monoisotopic (exact) mass is 346 g/mol. The number of hydrogen-bond acceptors (Lipinski definition) is 4. The van der Waals surface area contributed by atoms with Crippen LogP contribution in [0.4, 0.5) is 17.3 Å². The number of carbonyl (C=O) groups is 1. The molecule has 1 heterocycles. The summed E-state index contributed by atoms with van der Waals surface area (Å²) in [6.07, 6.45) is 2.57. The zero-order chi connectivity index (χ0) is 18.5. The van der Waals surface area contributed by atoms with Crippen molar-refractivity contribution in [3.63, 3.8) is 0 Å². The lowest BCUT2D eigenvalue weighted by molar-refractivity contribution is 0.102. The molecule has 26 heavy (non-hydrogen) atoms. The molecule has 0 saturated heterocycles. The summed E-state index contributed by atoms with van der Waals surface area (Å²) in [4.78, 5) is 21.0. The van der Waals surface area contributed by atoms with Crippen LogP contribution < -0.4 is 10.6 Å². The number of aromatic nitrogens is 2. The topological polar surface area (TPSA) is 66.9 Å². The highest BCUT2D eigenvalue weighted by Gasteiger charge is 2.10. The van der Waals surface area contributed by atoms with Crippen LogP contribution in [0.1, 0.15) is 34.1 Å². The van der Waals surface area contributed by atoms with Crippen molar-refractivity contribution in [3.8, 4) is 0 Å². The molecule has 0 aliphatic rings. The fraction of sp³-hybridized carbons (Fsp3) is 0.190. The van der Waals surface area contributed by atoms with Crippen LogP contribution in [-0.2, 0) is 6.42 Å². The molecule has 0 unspecified atom stereocenters. The number of rotatable bonds is 5. The van der Waals surface area contributed by atoms with Crippen molar-refractivity contribution >= 4 is 23.2 Å². The number of amides is 1. The Morgan fingerprint density at radius 1 is 0.962 bits per heavy atom. The van der Waals surface area contributed by atoms with Crippen molar-refractivity contribution in [2.75, 3.05) is 10.6 Å². The van der Waals surface area contributed by atoms with Crippen LogP contribution in [0.2, 0.25) is 0 Å². The largest absolute Gasteiger partial charge is 0.324 e. The molecule has 0 saturated carbocycles. The molecule has 3 rings (SSSR count). The SMILES string of the molecule is CCc1ccc(Nc2nccc(C(=O)Nc3cc(C)cc(C)c3)n2)cc1. The summed E-state index contributed by atoms with van der Waals surface area (Å²) in [5.41, 5.74) is 5.41. The maximum atomic E-state index is 12.5. The Balaban J connectivity index is 1.74. The Labute approximate surface area is 153 Å². The van der Waals surface area contributed by atoms with E-state index in [1.165, 1.54) is 5.56 Å². The fourth-order valence-electron chi connectivity index (χ4n) is 2.74. The minimum absolute atomic E-state index is 0.262. The molecule has 2 N–H and O–H groups in total. The summed E-state index contributed by atoms with van der Waals surface area (Å²) in [6, 6.07) is 15.6. The van der Waals surface area contributed by atoms with Gasteiger partial charge in [-0.3, -0.25) is 4.79 Å². The summed E-state index contributed by atoms with van der Waals surface area (Å²) in [5, 5.41) is 6.02. The summed E-state index contributed by atoms with van der Waals surface area (Å²) in [5.74, 6) is 0.129. The minimum Gasteiger partial charge on any atom is -0.324 e. The third-order valence-electron chi connectivity index (χ3n) is 3.99. The highest BCUT2D eigenvalue weighted by molar-refractivity contribution is 6.03. The Morgan fingerprint density at radius 3 is 2.31 bits per heavy atom. The van der Waals surface area contributed by atoms with Crippen molar-refractivity contribution in [2.24, 2.45) is 0 Å². The van der Waals surface area contributed by atoms with Gasteiger partial charge in [-0.15, -0.1) is 0 Å². The number of hydrogen-bond donors (Lipinski definition) is 2. The first-order valence-corrected chi connectivity index (χ1v) is 8.62. The average molecular weight is 346 g/mol. The minimum atomic E-state index is -0.262. The number of benzene rings is 2. The molecule has 0 aliphatic heterocycles. The Bertz CT molecular complexity index is 899. The number of nitrogens with zero attached hydrogens (tertiary/aromatic N) is 2. The Hall–Kier alpha value is -3.21. The van der Waals surface area contributed by atoms with Gasteiger partial charge >= 0.3 is 0 Å². The first kappa shape index (κ1) is 17.6. The van der Waals surface area contributed by atoms with Gasteiger partial charge in [0.15, 0.2) is 0 Å². The molecule has 1 amide bonds. The van der Waals surface area contributed by atoms with Crippen LogP contribution >= 0.6 is 0 Å². The van der Waals surface area contributed by atoms with Gasteiger partial charge in [0, 0.05) is 17.6 Å². The highest BCUT2D eigenvalue weighted by Crippen LogP contribution is 2.16. The Kier molecular flexibility index (Phi) is 5.27. The molecular weight excluding hydrogens is 324 g/mol. The number of nitrogens with one attached hydrogen (secondary N) is 2. The molecule has 5 heteroatoms. The van der Waals surface area contributed by atoms with Gasteiger partial charge in [0.1, 0.15) is 5.69 Å². The van der Waals surface area contributed by atoms with E-state index in [1.807, 2.05) is 38.1 Å². The quantitative estimate of drug-likeness (QED) is 0.705. The maximum Gasteiger partial charge on any atom is 0.274 e. The molecule has 0 spiro atoms.